The molecule has 0 saturated heterocycles. The first-order chi connectivity index (χ1) is 6.18. The van der Waals surface area contributed by atoms with Crippen LogP contribution in [0.15, 0.2) is 18.5 Å². The summed E-state index contributed by atoms with van der Waals surface area (Å²) in [6.07, 6.45) is 1.64. The van der Waals surface area contributed by atoms with Crippen LogP contribution in [0.25, 0.3) is 11.0 Å². The van der Waals surface area contributed by atoms with E-state index in [9.17, 15) is 0 Å². The first kappa shape index (κ1) is 7.79. The molecule has 0 saturated carbocycles. The molecule has 13 heavy (non-hydrogen) atoms. The Labute approximate surface area is 75.3 Å². The summed E-state index contributed by atoms with van der Waals surface area (Å²) in [5.41, 5.74) is 9.01. The molecule has 0 spiro atoms. The molecule has 0 aliphatic carbocycles. The van der Waals surface area contributed by atoms with Gasteiger partial charge in [-0.05, 0) is 24.6 Å². The van der Waals surface area contributed by atoms with Crippen molar-refractivity contribution in [1.82, 2.24) is 9.97 Å². The number of hydrogen-bond acceptors (Lipinski definition) is 2. The van der Waals surface area contributed by atoms with Crippen molar-refractivity contribution >= 4 is 16.9 Å². The predicted octanol–water partition coefficient (Wildman–Crippen LogP) is 1.16. The standard InChI is InChI=1S/C9H10N4/c1-5-2-6(9(10)11)3-7-8(5)13-4-12-7/h2-4H,1H3,(H3,10,11)(H,12,13). The highest BCUT2D eigenvalue weighted by molar-refractivity contribution is 5.98. The lowest BCUT2D eigenvalue weighted by Gasteiger charge is -2.00. The third-order valence-electron chi connectivity index (χ3n) is 2.03. The monoisotopic (exact) mass is 174 g/mol. The van der Waals surface area contributed by atoms with Gasteiger partial charge in [0.15, 0.2) is 0 Å². The molecule has 2 rings (SSSR count). The van der Waals surface area contributed by atoms with E-state index < -0.39 is 0 Å². The van der Waals surface area contributed by atoms with Crippen molar-refractivity contribution in [1.29, 1.82) is 5.41 Å². The fourth-order valence-electron chi connectivity index (χ4n) is 1.38. The molecule has 4 heteroatoms. The molecule has 4 nitrogen and oxygen atoms in total. The van der Waals surface area contributed by atoms with Gasteiger partial charge in [-0.3, -0.25) is 5.41 Å². The molecule has 0 bridgehead atoms. The Hall–Kier alpha value is -1.84. The quantitative estimate of drug-likeness (QED) is 0.448. The van der Waals surface area contributed by atoms with E-state index in [1.807, 2.05) is 19.1 Å². The Kier molecular flexibility index (Phi) is 1.55. The van der Waals surface area contributed by atoms with Crippen LogP contribution in [-0.4, -0.2) is 15.8 Å². The molecule has 1 heterocycles. The number of rotatable bonds is 1. The van der Waals surface area contributed by atoms with Gasteiger partial charge in [0, 0.05) is 5.56 Å². The number of benzene rings is 1. The summed E-state index contributed by atoms with van der Waals surface area (Å²) in [6, 6.07) is 3.70. The van der Waals surface area contributed by atoms with Crippen LogP contribution in [0.1, 0.15) is 11.1 Å². The average molecular weight is 174 g/mol. The fraction of sp³-hybridized carbons (Fsp3) is 0.111. The van der Waals surface area contributed by atoms with Crippen LogP contribution in [0.2, 0.25) is 0 Å². The Bertz CT molecular complexity index is 469. The maximum absolute atomic E-state index is 7.30. The van der Waals surface area contributed by atoms with Gasteiger partial charge in [0.1, 0.15) is 5.84 Å². The number of hydrogen-bond donors (Lipinski definition) is 3. The smallest absolute Gasteiger partial charge is 0.122 e. The Morgan fingerprint density at radius 1 is 1.54 bits per heavy atom. The van der Waals surface area contributed by atoms with Crippen LogP contribution < -0.4 is 5.73 Å². The van der Waals surface area contributed by atoms with Crippen LogP contribution in [0, 0.1) is 12.3 Å². The van der Waals surface area contributed by atoms with Gasteiger partial charge in [0.2, 0.25) is 0 Å². The maximum atomic E-state index is 7.30. The van der Waals surface area contributed by atoms with Crippen LogP contribution in [-0.2, 0) is 0 Å². The highest BCUT2D eigenvalue weighted by Crippen LogP contribution is 2.16. The molecule has 0 unspecified atom stereocenters. The SMILES string of the molecule is Cc1cc(C(=N)N)cc2[nH]cnc12. The largest absolute Gasteiger partial charge is 0.384 e. The molecule has 0 aliphatic heterocycles. The van der Waals surface area contributed by atoms with Gasteiger partial charge in [-0.15, -0.1) is 0 Å². The van der Waals surface area contributed by atoms with E-state index in [1.165, 1.54) is 0 Å². The molecular formula is C9H10N4. The number of nitrogen functional groups attached to an aromatic ring is 1. The average Bonchev–Trinajstić information content (AvgIpc) is 2.51. The Balaban J connectivity index is 2.77. The Morgan fingerprint density at radius 2 is 2.31 bits per heavy atom. The van der Waals surface area contributed by atoms with Crippen molar-refractivity contribution in [3.05, 3.63) is 29.6 Å². The van der Waals surface area contributed by atoms with Gasteiger partial charge in [0.25, 0.3) is 0 Å². The summed E-state index contributed by atoms with van der Waals surface area (Å²) >= 11 is 0. The van der Waals surface area contributed by atoms with Crippen molar-refractivity contribution in [2.75, 3.05) is 0 Å². The third-order valence-corrected chi connectivity index (χ3v) is 2.03. The predicted molar refractivity (Wildman–Crippen MR) is 51.8 cm³/mol. The number of fused-ring (bicyclic) bond motifs is 1. The minimum absolute atomic E-state index is 0.0830. The van der Waals surface area contributed by atoms with Crippen LogP contribution >= 0.6 is 0 Å². The van der Waals surface area contributed by atoms with Crippen LogP contribution in [0.5, 0.6) is 0 Å². The summed E-state index contributed by atoms with van der Waals surface area (Å²) in [5, 5.41) is 7.30. The lowest BCUT2D eigenvalue weighted by molar-refractivity contribution is 1.34. The first-order valence-electron chi connectivity index (χ1n) is 3.96. The second-order valence-electron chi connectivity index (χ2n) is 3.01. The van der Waals surface area contributed by atoms with Gasteiger partial charge in [-0.2, -0.15) is 0 Å². The lowest BCUT2D eigenvalue weighted by atomic mass is 10.1. The molecule has 0 radical (unpaired) electrons. The normalized spacial score (nSPS) is 10.5. The molecule has 1 aromatic carbocycles. The lowest BCUT2D eigenvalue weighted by Crippen LogP contribution is -2.11. The fourth-order valence-corrected chi connectivity index (χ4v) is 1.38. The number of imidazole rings is 1. The van der Waals surface area contributed by atoms with Crippen molar-refractivity contribution < 1.29 is 0 Å². The zero-order chi connectivity index (χ0) is 9.42. The molecule has 0 aliphatic rings. The minimum atomic E-state index is 0.0830. The summed E-state index contributed by atoms with van der Waals surface area (Å²) in [6.45, 7) is 1.95. The number of nitrogens with zero attached hydrogens (tertiary/aromatic N) is 1. The van der Waals surface area contributed by atoms with Gasteiger partial charge in [0.05, 0.1) is 17.4 Å². The second-order valence-corrected chi connectivity index (χ2v) is 3.01. The van der Waals surface area contributed by atoms with Crippen molar-refractivity contribution in [3.8, 4) is 0 Å². The summed E-state index contributed by atoms with van der Waals surface area (Å²) in [4.78, 5) is 7.14. The topological polar surface area (TPSA) is 78.5 Å². The third kappa shape index (κ3) is 1.16. The van der Waals surface area contributed by atoms with Gasteiger partial charge >= 0.3 is 0 Å². The minimum Gasteiger partial charge on any atom is -0.384 e. The molecular weight excluding hydrogens is 164 g/mol. The number of aryl methyl sites for hydroxylation is 1. The van der Waals surface area contributed by atoms with E-state index in [-0.39, 0.29) is 5.84 Å². The first-order valence-corrected chi connectivity index (χ1v) is 3.96. The van der Waals surface area contributed by atoms with Crippen molar-refractivity contribution in [2.24, 2.45) is 5.73 Å². The molecule has 2 aromatic rings. The van der Waals surface area contributed by atoms with E-state index in [2.05, 4.69) is 9.97 Å². The molecule has 0 fully saturated rings. The molecule has 4 N–H and O–H groups in total. The van der Waals surface area contributed by atoms with Crippen LogP contribution in [0.3, 0.4) is 0 Å². The van der Waals surface area contributed by atoms with Gasteiger partial charge in [-0.25, -0.2) is 4.98 Å². The molecule has 66 valence electrons. The molecule has 0 amide bonds. The van der Waals surface area contributed by atoms with E-state index >= 15 is 0 Å². The summed E-state index contributed by atoms with van der Waals surface area (Å²) in [7, 11) is 0. The summed E-state index contributed by atoms with van der Waals surface area (Å²) < 4.78 is 0. The van der Waals surface area contributed by atoms with E-state index in [4.69, 9.17) is 11.1 Å². The second kappa shape index (κ2) is 2.58. The number of nitrogens with one attached hydrogen (secondary N) is 2. The van der Waals surface area contributed by atoms with E-state index in [0.29, 0.717) is 0 Å². The Morgan fingerprint density at radius 3 is 3.00 bits per heavy atom. The highest BCUT2D eigenvalue weighted by Gasteiger charge is 2.04. The summed E-state index contributed by atoms with van der Waals surface area (Å²) in [5.74, 6) is 0.0830. The van der Waals surface area contributed by atoms with Gasteiger partial charge in [-0.1, -0.05) is 0 Å². The van der Waals surface area contributed by atoms with Crippen molar-refractivity contribution in [2.45, 2.75) is 6.92 Å². The maximum Gasteiger partial charge on any atom is 0.122 e. The number of nitrogens with two attached hydrogens (primary N) is 1. The number of amidine groups is 1. The number of aromatic nitrogens is 2. The molecule has 0 atom stereocenters. The zero-order valence-corrected chi connectivity index (χ0v) is 7.26. The van der Waals surface area contributed by atoms with E-state index in [1.54, 1.807) is 6.33 Å². The van der Waals surface area contributed by atoms with Gasteiger partial charge < -0.3 is 10.7 Å². The van der Waals surface area contributed by atoms with E-state index in [0.717, 1.165) is 22.2 Å². The molecule has 1 aromatic heterocycles. The number of aromatic amines is 1. The zero-order valence-electron chi connectivity index (χ0n) is 7.26. The highest BCUT2D eigenvalue weighted by atomic mass is 14.9. The number of H-pyrrole nitrogens is 1. The van der Waals surface area contributed by atoms with Crippen LogP contribution in [0.4, 0.5) is 0 Å². The van der Waals surface area contributed by atoms with Crippen molar-refractivity contribution in [3.63, 3.8) is 0 Å².